The largest absolute Gasteiger partial charge is 0.481 e. The lowest BCUT2D eigenvalue weighted by atomic mass is 10.2. The Morgan fingerprint density at radius 2 is 2.00 bits per heavy atom. The van der Waals surface area contributed by atoms with Crippen molar-refractivity contribution in [3.63, 3.8) is 0 Å². The minimum Gasteiger partial charge on any atom is -0.481 e. The molecule has 0 radical (unpaired) electrons. The molecule has 2 aliphatic heterocycles. The van der Waals surface area contributed by atoms with E-state index in [1.807, 2.05) is 0 Å². The number of benzene rings is 1. The van der Waals surface area contributed by atoms with Gasteiger partial charge in [0.15, 0.2) is 15.0 Å². The lowest BCUT2D eigenvalue weighted by Crippen LogP contribution is -2.38. The van der Waals surface area contributed by atoms with Gasteiger partial charge < -0.3 is 10.0 Å². The maximum atomic E-state index is 12.0. The van der Waals surface area contributed by atoms with Gasteiger partial charge in [0.25, 0.3) is 0 Å². The second-order valence-corrected chi connectivity index (χ2v) is 10.1. The first kappa shape index (κ1) is 19.5. The molecule has 7 nitrogen and oxygen atoms in total. The van der Waals surface area contributed by atoms with Crippen molar-refractivity contribution in [3.8, 4) is 0 Å². The van der Waals surface area contributed by atoms with Gasteiger partial charge in [-0.25, -0.2) is 8.42 Å². The Balaban J connectivity index is 1.97. The third kappa shape index (κ3) is 4.00. The van der Waals surface area contributed by atoms with Crippen LogP contribution < -0.4 is 4.90 Å². The fraction of sp³-hybridized carbons (Fsp3) is 0.400. The molecule has 3 rings (SSSR count). The number of aliphatic imine (C=N–C) groups is 1. The van der Waals surface area contributed by atoms with E-state index in [4.69, 9.17) is 28.3 Å². The highest BCUT2D eigenvalue weighted by Crippen LogP contribution is 2.44. The smallest absolute Gasteiger partial charge is 0.303 e. The van der Waals surface area contributed by atoms with Crippen molar-refractivity contribution in [2.45, 2.75) is 24.1 Å². The maximum Gasteiger partial charge on any atom is 0.303 e. The van der Waals surface area contributed by atoms with Crippen molar-refractivity contribution >= 4 is 67.5 Å². The number of hydrogen-bond acceptors (Lipinski definition) is 5. The first-order valence-electron chi connectivity index (χ1n) is 7.61. The van der Waals surface area contributed by atoms with E-state index in [2.05, 4.69) is 4.99 Å². The van der Waals surface area contributed by atoms with Crippen LogP contribution in [0.2, 0.25) is 10.0 Å². The zero-order valence-electron chi connectivity index (χ0n) is 13.3. The number of amides is 1. The lowest BCUT2D eigenvalue weighted by molar-refractivity contribution is -0.138. The molecule has 2 aliphatic rings. The second-order valence-electron chi connectivity index (χ2n) is 5.93. The number of carbonyl (C=O) groups excluding carboxylic acids is 1. The first-order valence-corrected chi connectivity index (χ1v) is 11.1. The fourth-order valence-electron chi connectivity index (χ4n) is 2.90. The van der Waals surface area contributed by atoms with E-state index in [-0.39, 0.29) is 34.6 Å². The Morgan fingerprint density at radius 3 is 2.69 bits per heavy atom. The van der Waals surface area contributed by atoms with Crippen LogP contribution in [0.5, 0.6) is 0 Å². The highest BCUT2D eigenvalue weighted by atomic mass is 35.5. The molecule has 2 atom stereocenters. The van der Waals surface area contributed by atoms with Gasteiger partial charge in [-0.2, -0.15) is 4.99 Å². The van der Waals surface area contributed by atoms with Crippen molar-refractivity contribution in [3.05, 3.63) is 28.2 Å². The molecular formula is C15H14Cl2N2O5S2. The molecule has 0 unspecified atom stereocenters. The number of halogens is 2. The van der Waals surface area contributed by atoms with Crippen LogP contribution in [0.3, 0.4) is 0 Å². The monoisotopic (exact) mass is 436 g/mol. The van der Waals surface area contributed by atoms with Crippen molar-refractivity contribution in [2.24, 2.45) is 4.99 Å². The molecular weight excluding hydrogens is 423 g/mol. The third-order valence-electron chi connectivity index (χ3n) is 4.03. The van der Waals surface area contributed by atoms with Gasteiger partial charge in [0.1, 0.15) is 0 Å². The van der Waals surface area contributed by atoms with Gasteiger partial charge in [0.05, 0.1) is 39.7 Å². The Bertz CT molecular complexity index is 903. The summed E-state index contributed by atoms with van der Waals surface area (Å²) in [6.07, 6.45) is -0.552. The van der Waals surface area contributed by atoms with Crippen molar-refractivity contribution < 1.29 is 23.1 Å². The zero-order valence-corrected chi connectivity index (χ0v) is 16.4. The summed E-state index contributed by atoms with van der Waals surface area (Å²) in [5.41, 5.74) is 0.473. The van der Waals surface area contributed by atoms with Crippen LogP contribution in [-0.4, -0.2) is 53.4 Å². The zero-order chi connectivity index (χ0) is 19.1. The number of thioether (sulfide) groups is 1. The summed E-state index contributed by atoms with van der Waals surface area (Å²) >= 11 is 13.6. The van der Waals surface area contributed by atoms with E-state index in [0.29, 0.717) is 15.9 Å². The molecule has 0 saturated carbocycles. The highest BCUT2D eigenvalue weighted by Gasteiger charge is 2.49. The Morgan fingerprint density at radius 1 is 1.27 bits per heavy atom. The highest BCUT2D eigenvalue weighted by molar-refractivity contribution is 8.16. The number of sulfone groups is 1. The average molecular weight is 437 g/mol. The van der Waals surface area contributed by atoms with E-state index < -0.39 is 27.8 Å². The number of nitrogens with zero attached hydrogens (tertiary/aromatic N) is 2. The van der Waals surface area contributed by atoms with Crippen molar-refractivity contribution in [2.75, 3.05) is 16.4 Å². The second kappa shape index (κ2) is 7.38. The number of carboxylic acid groups (broad SMARTS) is 1. The predicted molar refractivity (Wildman–Crippen MR) is 102 cm³/mol. The number of carboxylic acids is 1. The molecule has 2 fully saturated rings. The van der Waals surface area contributed by atoms with Crippen molar-refractivity contribution in [1.82, 2.24) is 0 Å². The van der Waals surface area contributed by atoms with Gasteiger partial charge in [-0.15, -0.1) is 0 Å². The third-order valence-corrected chi connectivity index (χ3v) is 8.05. The summed E-state index contributed by atoms with van der Waals surface area (Å²) in [4.78, 5) is 28.3. The molecule has 2 saturated heterocycles. The Labute approximate surface area is 164 Å². The summed E-state index contributed by atoms with van der Waals surface area (Å²) in [5.74, 6) is -1.76. The molecule has 1 amide bonds. The van der Waals surface area contributed by atoms with Gasteiger partial charge in [-0.1, -0.05) is 41.0 Å². The summed E-state index contributed by atoms with van der Waals surface area (Å²) < 4.78 is 24.0. The molecule has 26 heavy (non-hydrogen) atoms. The fourth-order valence-corrected chi connectivity index (χ4v) is 7.21. The van der Waals surface area contributed by atoms with Crippen LogP contribution >= 0.6 is 35.0 Å². The number of carbonyl (C=O) groups is 2. The number of rotatable bonds is 4. The van der Waals surface area contributed by atoms with E-state index >= 15 is 0 Å². The number of amidine groups is 1. The minimum atomic E-state index is -3.20. The van der Waals surface area contributed by atoms with Crippen LogP contribution in [0.25, 0.3) is 0 Å². The number of aliphatic carboxylic acids is 1. The SMILES string of the molecule is O=C(O)CCC(=O)N=C1S[C@H]2CS(=O)(=O)C[C@H]2N1c1cccc(Cl)c1Cl. The minimum absolute atomic E-state index is 0.0145. The van der Waals surface area contributed by atoms with Crippen LogP contribution in [-0.2, 0) is 19.4 Å². The van der Waals surface area contributed by atoms with E-state index in [1.165, 1.54) is 11.8 Å². The van der Waals surface area contributed by atoms with Crippen LogP contribution in [0.1, 0.15) is 12.8 Å². The summed E-state index contributed by atoms with van der Waals surface area (Å²) in [5, 5.41) is 9.27. The van der Waals surface area contributed by atoms with Gasteiger partial charge in [-0.05, 0) is 12.1 Å². The predicted octanol–water partition coefficient (Wildman–Crippen LogP) is 2.46. The standard InChI is InChI=1S/C15H14Cl2N2O5S2/c16-8-2-1-3-9(14(8)17)19-10-6-26(23,24)7-11(10)25-15(19)18-12(20)4-5-13(21)22/h1-3,10-11H,4-7H2,(H,21,22)/t10-,11+/m1/s1. The molecule has 11 heteroatoms. The quantitative estimate of drug-likeness (QED) is 0.772. The average Bonchev–Trinajstić information content (AvgIpc) is 2.99. The van der Waals surface area contributed by atoms with E-state index in [1.54, 1.807) is 23.1 Å². The van der Waals surface area contributed by atoms with Gasteiger partial charge in [-0.3, -0.25) is 9.59 Å². The maximum absolute atomic E-state index is 12.0. The molecule has 140 valence electrons. The summed E-state index contributed by atoms with van der Waals surface area (Å²) in [7, 11) is -3.20. The molecule has 1 aromatic rings. The first-order chi connectivity index (χ1) is 12.2. The van der Waals surface area contributed by atoms with Gasteiger partial charge >= 0.3 is 5.97 Å². The van der Waals surface area contributed by atoms with Gasteiger partial charge in [0.2, 0.25) is 5.91 Å². The summed E-state index contributed by atoms with van der Waals surface area (Å²) in [6.45, 7) is 0. The number of fused-ring (bicyclic) bond motifs is 1. The van der Waals surface area contributed by atoms with Crippen molar-refractivity contribution in [1.29, 1.82) is 0 Å². The van der Waals surface area contributed by atoms with E-state index in [9.17, 15) is 18.0 Å². The molecule has 1 aromatic carbocycles. The van der Waals surface area contributed by atoms with E-state index in [0.717, 1.165) is 0 Å². The lowest BCUT2D eigenvalue weighted by Gasteiger charge is -2.25. The van der Waals surface area contributed by atoms with Crippen LogP contribution in [0.15, 0.2) is 23.2 Å². The topological polar surface area (TPSA) is 104 Å². The molecule has 0 spiro atoms. The molecule has 0 aromatic heterocycles. The van der Waals surface area contributed by atoms with Crippen LogP contribution in [0.4, 0.5) is 5.69 Å². The van der Waals surface area contributed by atoms with Gasteiger partial charge in [0, 0.05) is 11.7 Å². The summed E-state index contributed by atoms with van der Waals surface area (Å²) in [6, 6.07) is 4.55. The molecule has 0 aliphatic carbocycles. The Hall–Kier alpha value is -1.29. The molecule has 1 N–H and O–H groups in total. The molecule has 2 heterocycles. The Kier molecular flexibility index (Phi) is 5.53. The normalized spacial score (nSPS) is 25.5. The number of anilines is 1. The number of hydrogen-bond donors (Lipinski definition) is 1. The molecule has 0 bridgehead atoms. The van der Waals surface area contributed by atoms with Crippen LogP contribution in [0, 0.1) is 0 Å².